The molecule has 98 valence electrons. The van der Waals surface area contributed by atoms with E-state index in [1.54, 1.807) is 0 Å². The number of carboxylic acid groups (broad SMARTS) is 1. The van der Waals surface area contributed by atoms with E-state index in [4.69, 9.17) is 10.8 Å². The Balaban J connectivity index is 3.32. The quantitative estimate of drug-likeness (QED) is 0.640. The first kappa shape index (κ1) is 13.9. The van der Waals surface area contributed by atoms with Gasteiger partial charge in [-0.05, 0) is 11.6 Å². The molecule has 18 heavy (non-hydrogen) atoms. The van der Waals surface area contributed by atoms with Gasteiger partial charge >= 0.3 is 12.1 Å². The molecule has 1 atom stereocenters. The van der Waals surface area contributed by atoms with Crippen molar-refractivity contribution in [2.45, 2.75) is 12.2 Å². The van der Waals surface area contributed by atoms with E-state index in [2.05, 4.69) is 0 Å². The summed E-state index contributed by atoms with van der Waals surface area (Å²) in [6, 6.07) is -0.373. The Morgan fingerprint density at radius 3 is 2.39 bits per heavy atom. The van der Waals surface area contributed by atoms with Crippen LogP contribution >= 0.6 is 0 Å². The zero-order chi connectivity index (χ0) is 14.1. The lowest BCUT2D eigenvalue weighted by molar-refractivity contribution is -0.385. The van der Waals surface area contributed by atoms with Gasteiger partial charge in [-0.1, -0.05) is 6.07 Å². The number of nitro groups is 1. The molecule has 0 aliphatic heterocycles. The molecular weight excluding hydrogens is 257 g/mol. The molecule has 0 saturated carbocycles. The van der Waals surface area contributed by atoms with Crippen molar-refractivity contribution in [3.63, 3.8) is 0 Å². The van der Waals surface area contributed by atoms with Gasteiger partial charge in [0.05, 0.1) is 4.92 Å². The molecule has 1 aromatic carbocycles. The fourth-order valence-corrected chi connectivity index (χ4v) is 1.27. The first-order valence-corrected chi connectivity index (χ1v) is 4.48. The Morgan fingerprint density at radius 2 is 2.00 bits per heavy atom. The lowest BCUT2D eigenvalue weighted by atomic mass is 10.0. The van der Waals surface area contributed by atoms with Crippen LogP contribution in [0.1, 0.15) is 22.0 Å². The van der Waals surface area contributed by atoms with Crippen LogP contribution in [0, 0.1) is 10.1 Å². The van der Waals surface area contributed by atoms with E-state index in [0.29, 0.717) is 12.1 Å². The fraction of sp³-hybridized carbons (Fsp3) is 0.222. The number of carbonyl (C=O) groups is 1. The molecule has 0 heterocycles. The number of hydrogen-bond donors (Lipinski definition) is 2. The van der Waals surface area contributed by atoms with Gasteiger partial charge in [-0.25, -0.2) is 4.79 Å². The average Bonchev–Trinajstić information content (AvgIpc) is 2.25. The molecule has 9 heteroatoms. The van der Waals surface area contributed by atoms with Gasteiger partial charge in [0, 0.05) is 6.07 Å². The minimum absolute atomic E-state index is 0.550. The van der Waals surface area contributed by atoms with E-state index in [-0.39, 0.29) is 0 Å². The van der Waals surface area contributed by atoms with Crippen LogP contribution in [0.15, 0.2) is 18.2 Å². The van der Waals surface area contributed by atoms with E-state index < -0.39 is 39.9 Å². The van der Waals surface area contributed by atoms with E-state index in [0.717, 1.165) is 6.07 Å². The molecule has 0 bridgehead atoms. The number of benzene rings is 1. The Labute approximate surface area is 98.0 Å². The van der Waals surface area contributed by atoms with Gasteiger partial charge in [-0.15, -0.1) is 0 Å². The van der Waals surface area contributed by atoms with Crippen LogP contribution in [-0.4, -0.2) is 22.2 Å². The lowest BCUT2D eigenvalue weighted by Crippen LogP contribution is -2.28. The number of hydrogen-bond acceptors (Lipinski definition) is 4. The third-order valence-electron chi connectivity index (χ3n) is 2.16. The number of nitrogens with two attached hydrogens (primary N) is 1. The maximum Gasteiger partial charge on any atom is 0.407 e. The molecule has 0 aliphatic rings. The summed E-state index contributed by atoms with van der Waals surface area (Å²) in [5.74, 6) is -1.70. The van der Waals surface area contributed by atoms with E-state index in [9.17, 15) is 28.1 Å². The van der Waals surface area contributed by atoms with Crippen LogP contribution in [0.25, 0.3) is 0 Å². The molecule has 3 N–H and O–H groups in total. The standard InChI is InChI=1S/C9H7F3N2O4/c10-9(11,12)7(13)4-1-2-6(14(17)18)5(3-4)8(15)16/h1-3,7H,13H2,(H,15,16)/t7-/m1/s1. The van der Waals surface area contributed by atoms with Crippen molar-refractivity contribution >= 4 is 11.7 Å². The van der Waals surface area contributed by atoms with Crippen LogP contribution in [0.3, 0.4) is 0 Å². The highest BCUT2D eigenvalue weighted by Gasteiger charge is 2.38. The number of nitro benzene ring substituents is 1. The highest BCUT2D eigenvalue weighted by atomic mass is 19.4. The van der Waals surface area contributed by atoms with Gasteiger partial charge in [0.1, 0.15) is 11.6 Å². The van der Waals surface area contributed by atoms with Crippen molar-refractivity contribution in [1.29, 1.82) is 0 Å². The fourth-order valence-electron chi connectivity index (χ4n) is 1.27. The highest BCUT2D eigenvalue weighted by Crippen LogP contribution is 2.32. The van der Waals surface area contributed by atoms with Gasteiger partial charge in [0.15, 0.2) is 0 Å². The van der Waals surface area contributed by atoms with Gasteiger partial charge in [-0.2, -0.15) is 13.2 Å². The van der Waals surface area contributed by atoms with Crippen LogP contribution < -0.4 is 5.73 Å². The second-order valence-electron chi connectivity index (χ2n) is 3.36. The second kappa shape index (κ2) is 4.61. The summed E-state index contributed by atoms with van der Waals surface area (Å²) in [7, 11) is 0. The molecular formula is C9H7F3N2O4. The molecule has 0 unspecified atom stereocenters. The summed E-state index contributed by atoms with van der Waals surface area (Å²) in [4.78, 5) is 20.2. The van der Waals surface area contributed by atoms with Crippen LogP contribution in [-0.2, 0) is 0 Å². The molecule has 0 fully saturated rings. The molecule has 0 aliphatic carbocycles. The van der Waals surface area contributed by atoms with Crippen molar-refractivity contribution in [2.24, 2.45) is 5.73 Å². The smallest absolute Gasteiger partial charge is 0.407 e. The maximum absolute atomic E-state index is 12.3. The van der Waals surface area contributed by atoms with Gasteiger partial charge in [0.25, 0.3) is 5.69 Å². The number of alkyl halides is 3. The van der Waals surface area contributed by atoms with Crippen molar-refractivity contribution in [3.8, 4) is 0 Å². The van der Waals surface area contributed by atoms with E-state index in [1.165, 1.54) is 0 Å². The summed E-state index contributed by atoms with van der Waals surface area (Å²) >= 11 is 0. The normalized spacial score (nSPS) is 13.1. The van der Waals surface area contributed by atoms with E-state index >= 15 is 0 Å². The summed E-state index contributed by atoms with van der Waals surface area (Å²) in [5, 5.41) is 19.2. The largest absolute Gasteiger partial charge is 0.477 e. The second-order valence-corrected chi connectivity index (χ2v) is 3.36. The van der Waals surface area contributed by atoms with Crippen molar-refractivity contribution < 1.29 is 28.0 Å². The highest BCUT2D eigenvalue weighted by molar-refractivity contribution is 5.92. The van der Waals surface area contributed by atoms with Gasteiger partial charge in [-0.3, -0.25) is 10.1 Å². The van der Waals surface area contributed by atoms with Crippen molar-refractivity contribution in [1.82, 2.24) is 0 Å². The van der Waals surface area contributed by atoms with Crippen molar-refractivity contribution in [2.75, 3.05) is 0 Å². The zero-order valence-corrected chi connectivity index (χ0v) is 8.64. The molecule has 0 radical (unpaired) electrons. The molecule has 0 spiro atoms. The first-order chi connectivity index (χ1) is 8.14. The lowest BCUT2D eigenvalue weighted by Gasteiger charge is -2.16. The molecule has 6 nitrogen and oxygen atoms in total. The third-order valence-corrected chi connectivity index (χ3v) is 2.16. The van der Waals surface area contributed by atoms with E-state index in [1.807, 2.05) is 0 Å². The minimum Gasteiger partial charge on any atom is -0.477 e. The maximum atomic E-state index is 12.3. The molecule has 1 rings (SSSR count). The average molecular weight is 264 g/mol. The number of nitrogens with zero attached hydrogens (tertiary/aromatic N) is 1. The summed E-state index contributed by atoms with van der Waals surface area (Å²) in [6.45, 7) is 0. The number of rotatable bonds is 3. The first-order valence-electron chi connectivity index (χ1n) is 4.48. The topological polar surface area (TPSA) is 106 Å². The van der Waals surface area contributed by atoms with Crippen LogP contribution in [0.5, 0.6) is 0 Å². The Bertz CT molecular complexity index is 501. The van der Waals surface area contributed by atoms with Crippen LogP contribution in [0.4, 0.5) is 18.9 Å². The number of carboxylic acids is 1. The minimum atomic E-state index is -4.76. The predicted molar refractivity (Wildman–Crippen MR) is 53.0 cm³/mol. The Morgan fingerprint density at radius 1 is 1.44 bits per heavy atom. The molecule has 0 amide bonds. The number of halogens is 3. The third kappa shape index (κ3) is 2.74. The molecule has 0 saturated heterocycles. The Kier molecular flexibility index (Phi) is 3.56. The summed E-state index contributed by atoms with van der Waals surface area (Å²) in [6.07, 6.45) is -4.76. The monoisotopic (exact) mass is 264 g/mol. The summed E-state index contributed by atoms with van der Waals surface area (Å²) < 4.78 is 37.0. The molecule has 0 aromatic heterocycles. The SMILES string of the molecule is N[C@H](c1ccc([N+](=O)[O-])c(C(=O)O)c1)C(F)(F)F. The zero-order valence-electron chi connectivity index (χ0n) is 8.64. The predicted octanol–water partition coefficient (Wildman–Crippen LogP) is 1.86. The van der Waals surface area contributed by atoms with Crippen molar-refractivity contribution in [3.05, 3.63) is 39.4 Å². The number of aromatic carboxylic acids is 1. The van der Waals surface area contributed by atoms with Gasteiger partial charge < -0.3 is 10.8 Å². The van der Waals surface area contributed by atoms with Gasteiger partial charge in [0.2, 0.25) is 0 Å². The van der Waals surface area contributed by atoms with Crippen LogP contribution in [0.2, 0.25) is 0 Å². The molecule has 1 aromatic rings. The Hall–Kier alpha value is -2.16. The summed E-state index contributed by atoms with van der Waals surface area (Å²) in [5.41, 5.74) is 2.70.